The zero-order valence-electron chi connectivity index (χ0n) is 11.8. The van der Waals surface area contributed by atoms with E-state index >= 15 is 0 Å². The third-order valence-electron chi connectivity index (χ3n) is 5.24. The molecule has 0 aromatic heterocycles. The monoisotopic (exact) mass is 252 g/mol. The van der Waals surface area contributed by atoms with Gasteiger partial charge in [0.2, 0.25) is 0 Å². The Bertz CT molecular complexity index is 270. The van der Waals surface area contributed by atoms with Crippen molar-refractivity contribution in [1.82, 2.24) is 10.2 Å². The number of ether oxygens (including phenoxy) is 1. The fourth-order valence-corrected chi connectivity index (χ4v) is 4.09. The molecule has 0 saturated carbocycles. The van der Waals surface area contributed by atoms with E-state index in [9.17, 15) is 0 Å². The largest absolute Gasteiger partial charge is 0.381 e. The van der Waals surface area contributed by atoms with E-state index in [0.29, 0.717) is 5.41 Å². The molecular weight excluding hydrogens is 224 g/mol. The van der Waals surface area contributed by atoms with Gasteiger partial charge in [0.05, 0.1) is 0 Å². The quantitative estimate of drug-likeness (QED) is 0.828. The highest BCUT2D eigenvalue weighted by molar-refractivity contribution is 4.89. The molecule has 0 spiro atoms. The lowest BCUT2D eigenvalue weighted by molar-refractivity contribution is 0.0875. The molecule has 3 saturated heterocycles. The van der Waals surface area contributed by atoms with Crippen LogP contribution >= 0.6 is 0 Å². The number of nitrogens with one attached hydrogen (secondary N) is 1. The van der Waals surface area contributed by atoms with Crippen LogP contribution in [-0.4, -0.2) is 50.8 Å². The average molecular weight is 252 g/mol. The Kier molecular flexibility index (Phi) is 3.92. The zero-order chi connectivity index (χ0) is 12.4. The summed E-state index contributed by atoms with van der Waals surface area (Å²) in [6.07, 6.45) is 5.47. The topological polar surface area (TPSA) is 24.5 Å². The molecule has 3 rings (SSSR count). The molecule has 3 aliphatic heterocycles. The van der Waals surface area contributed by atoms with Gasteiger partial charge in [-0.3, -0.25) is 0 Å². The minimum absolute atomic E-state index is 0.522. The minimum atomic E-state index is 0.522. The maximum atomic E-state index is 5.57. The maximum absolute atomic E-state index is 5.57. The van der Waals surface area contributed by atoms with Gasteiger partial charge < -0.3 is 15.0 Å². The first kappa shape index (κ1) is 12.9. The zero-order valence-corrected chi connectivity index (χ0v) is 11.8. The molecule has 0 radical (unpaired) electrons. The number of likely N-dealkylation sites (tertiary alicyclic amines) is 1. The summed E-state index contributed by atoms with van der Waals surface area (Å²) in [5, 5.41) is 3.52. The van der Waals surface area contributed by atoms with Gasteiger partial charge in [-0.2, -0.15) is 0 Å². The molecule has 3 heteroatoms. The molecule has 0 aliphatic carbocycles. The van der Waals surface area contributed by atoms with Crippen LogP contribution in [0.2, 0.25) is 0 Å². The van der Waals surface area contributed by atoms with Gasteiger partial charge in [0, 0.05) is 32.8 Å². The highest BCUT2D eigenvalue weighted by atomic mass is 16.5. The number of hydrogen-bond acceptors (Lipinski definition) is 3. The molecule has 18 heavy (non-hydrogen) atoms. The molecule has 104 valence electrons. The van der Waals surface area contributed by atoms with Crippen LogP contribution in [0, 0.1) is 17.3 Å². The smallest absolute Gasteiger partial charge is 0.0498 e. The van der Waals surface area contributed by atoms with Crippen molar-refractivity contribution in [2.75, 3.05) is 45.9 Å². The predicted molar refractivity (Wildman–Crippen MR) is 73.7 cm³/mol. The summed E-state index contributed by atoms with van der Waals surface area (Å²) in [4.78, 5) is 2.74. The Labute approximate surface area is 111 Å². The second kappa shape index (κ2) is 5.48. The second-order valence-corrected chi connectivity index (χ2v) is 7.00. The molecule has 3 fully saturated rings. The van der Waals surface area contributed by atoms with E-state index in [1.54, 1.807) is 0 Å². The average Bonchev–Trinajstić information content (AvgIpc) is 3.01. The first-order valence-electron chi connectivity index (χ1n) is 7.76. The molecule has 3 heterocycles. The number of piperidine rings is 1. The Morgan fingerprint density at radius 2 is 2.28 bits per heavy atom. The third kappa shape index (κ3) is 2.89. The molecule has 0 aromatic rings. The third-order valence-corrected chi connectivity index (χ3v) is 5.24. The van der Waals surface area contributed by atoms with Crippen LogP contribution in [0.3, 0.4) is 0 Å². The van der Waals surface area contributed by atoms with Crippen molar-refractivity contribution >= 4 is 0 Å². The van der Waals surface area contributed by atoms with Gasteiger partial charge in [-0.15, -0.1) is 0 Å². The molecule has 3 unspecified atom stereocenters. The standard InChI is InChI=1S/C15H28N2O/c1-15(5-6-16-11-15)12-17-7-2-3-13(9-17)14-4-8-18-10-14/h13-14,16H,2-12H2,1H3. The van der Waals surface area contributed by atoms with Crippen LogP contribution in [0.1, 0.15) is 32.6 Å². The molecule has 1 N–H and O–H groups in total. The van der Waals surface area contributed by atoms with Gasteiger partial charge in [-0.25, -0.2) is 0 Å². The summed E-state index contributed by atoms with van der Waals surface area (Å²) >= 11 is 0. The molecule has 0 bridgehead atoms. The number of rotatable bonds is 3. The van der Waals surface area contributed by atoms with E-state index in [-0.39, 0.29) is 0 Å². The van der Waals surface area contributed by atoms with Crippen LogP contribution in [0.15, 0.2) is 0 Å². The highest BCUT2D eigenvalue weighted by Crippen LogP contribution is 2.32. The van der Waals surface area contributed by atoms with Crippen LogP contribution in [0.25, 0.3) is 0 Å². The van der Waals surface area contributed by atoms with Crippen molar-refractivity contribution in [3.8, 4) is 0 Å². The molecule has 0 amide bonds. The van der Waals surface area contributed by atoms with E-state index in [4.69, 9.17) is 4.74 Å². The van der Waals surface area contributed by atoms with Crippen LogP contribution in [0.4, 0.5) is 0 Å². The summed E-state index contributed by atoms with van der Waals surface area (Å²) in [6, 6.07) is 0. The Balaban J connectivity index is 1.53. The molecular formula is C15H28N2O. The van der Waals surface area contributed by atoms with Crippen molar-refractivity contribution < 1.29 is 4.74 Å². The Hall–Kier alpha value is -0.120. The maximum Gasteiger partial charge on any atom is 0.0498 e. The predicted octanol–water partition coefficient (Wildman–Crippen LogP) is 1.73. The Morgan fingerprint density at radius 1 is 1.33 bits per heavy atom. The fraction of sp³-hybridized carbons (Fsp3) is 1.00. The lowest BCUT2D eigenvalue weighted by atomic mass is 9.83. The molecule has 3 aliphatic rings. The van der Waals surface area contributed by atoms with E-state index < -0.39 is 0 Å². The lowest BCUT2D eigenvalue weighted by Gasteiger charge is -2.39. The molecule has 0 aromatic carbocycles. The summed E-state index contributed by atoms with van der Waals surface area (Å²) in [6.45, 7) is 10.8. The highest BCUT2D eigenvalue weighted by Gasteiger charge is 2.34. The van der Waals surface area contributed by atoms with Gasteiger partial charge in [-0.1, -0.05) is 6.92 Å². The van der Waals surface area contributed by atoms with Crippen LogP contribution in [-0.2, 0) is 4.74 Å². The normalized spacial score (nSPS) is 42.5. The Morgan fingerprint density at radius 3 is 3.00 bits per heavy atom. The molecule has 3 atom stereocenters. The van der Waals surface area contributed by atoms with Crippen molar-refractivity contribution in [2.24, 2.45) is 17.3 Å². The summed E-state index contributed by atoms with van der Waals surface area (Å²) in [5.41, 5.74) is 0.522. The first-order chi connectivity index (χ1) is 8.75. The summed E-state index contributed by atoms with van der Waals surface area (Å²) < 4.78 is 5.57. The number of hydrogen-bond donors (Lipinski definition) is 1. The number of nitrogens with zero attached hydrogens (tertiary/aromatic N) is 1. The van der Waals surface area contributed by atoms with Crippen molar-refractivity contribution in [2.45, 2.75) is 32.6 Å². The minimum Gasteiger partial charge on any atom is -0.381 e. The van der Waals surface area contributed by atoms with Gasteiger partial charge in [0.1, 0.15) is 0 Å². The van der Waals surface area contributed by atoms with E-state index in [0.717, 1.165) is 25.0 Å². The van der Waals surface area contributed by atoms with Crippen LogP contribution < -0.4 is 5.32 Å². The van der Waals surface area contributed by atoms with Crippen LogP contribution in [0.5, 0.6) is 0 Å². The van der Waals surface area contributed by atoms with Gasteiger partial charge in [-0.05, 0) is 56.0 Å². The summed E-state index contributed by atoms with van der Waals surface area (Å²) in [5.74, 6) is 1.75. The van der Waals surface area contributed by atoms with Crippen molar-refractivity contribution in [3.05, 3.63) is 0 Å². The second-order valence-electron chi connectivity index (χ2n) is 7.00. The van der Waals surface area contributed by atoms with E-state index in [1.807, 2.05) is 0 Å². The van der Waals surface area contributed by atoms with Gasteiger partial charge in [0.15, 0.2) is 0 Å². The SMILES string of the molecule is CC1(CN2CCCC(C3CCOC3)C2)CCNC1. The summed E-state index contributed by atoms with van der Waals surface area (Å²) in [7, 11) is 0. The molecule has 3 nitrogen and oxygen atoms in total. The van der Waals surface area contributed by atoms with E-state index in [1.165, 1.54) is 58.4 Å². The van der Waals surface area contributed by atoms with Gasteiger partial charge in [0.25, 0.3) is 0 Å². The first-order valence-corrected chi connectivity index (χ1v) is 7.76. The van der Waals surface area contributed by atoms with Crippen molar-refractivity contribution in [1.29, 1.82) is 0 Å². The van der Waals surface area contributed by atoms with Gasteiger partial charge >= 0.3 is 0 Å². The van der Waals surface area contributed by atoms with Crippen molar-refractivity contribution in [3.63, 3.8) is 0 Å². The lowest BCUT2D eigenvalue weighted by Crippen LogP contribution is -2.44. The van der Waals surface area contributed by atoms with E-state index in [2.05, 4.69) is 17.1 Å². The fourth-order valence-electron chi connectivity index (χ4n) is 4.09.